The molecule has 19 heavy (non-hydrogen) atoms. The molecule has 0 saturated heterocycles. The van der Waals surface area contributed by atoms with Crippen molar-refractivity contribution in [3.05, 3.63) is 12.2 Å². The molecule has 1 N–H and O–H groups in total. The van der Waals surface area contributed by atoms with Gasteiger partial charge in [-0.3, -0.25) is 0 Å². The second-order valence-electron chi connectivity index (χ2n) is 7.19. The van der Waals surface area contributed by atoms with Crippen molar-refractivity contribution in [2.45, 2.75) is 44.4 Å². The van der Waals surface area contributed by atoms with E-state index in [4.69, 9.17) is 0 Å². The molecule has 0 heterocycles. The highest BCUT2D eigenvalue weighted by atomic mass is 19.4. The Morgan fingerprint density at radius 3 is 2.58 bits per heavy atom. The number of alkyl halides is 3. The number of fused-ring (bicyclic) bond motifs is 9. The first-order chi connectivity index (χ1) is 8.80. The Morgan fingerprint density at radius 2 is 1.89 bits per heavy atom. The lowest BCUT2D eigenvalue weighted by molar-refractivity contribution is -0.315. The summed E-state index contributed by atoms with van der Waals surface area (Å²) in [5.74, 6) is 0.708. The fraction of sp³-hybridized carbons (Fsp3) is 0.867. The van der Waals surface area contributed by atoms with Crippen LogP contribution in [0.15, 0.2) is 12.2 Å². The van der Waals surface area contributed by atoms with Crippen LogP contribution in [0.4, 0.5) is 13.2 Å². The monoisotopic (exact) mass is 272 g/mol. The van der Waals surface area contributed by atoms with Crippen molar-refractivity contribution in [3.63, 3.8) is 0 Å². The zero-order valence-corrected chi connectivity index (χ0v) is 11.0. The van der Waals surface area contributed by atoms with Crippen LogP contribution >= 0.6 is 0 Å². The number of hydrogen-bond acceptors (Lipinski definition) is 1. The number of aliphatic hydroxyl groups is 1. The molecule has 0 radical (unpaired) electrons. The van der Waals surface area contributed by atoms with Crippen LogP contribution in [0.5, 0.6) is 0 Å². The van der Waals surface area contributed by atoms with Crippen molar-refractivity contribution in [2.24, 2.45) is 35.0 Å². The average Bonchev–Trinajstić information content (AvgIpc) is 3.05. The molecule has 3 fully saturated rings. The number of rotatable bonds is 1. The molecular weight excluding hydrogens is 253 g/mol. The second kappa shape index (κ2) is 3.21. The van der Waals surface area contributed by atoms with Crippen LogP contribution in [0.2, 0.25) is 0 Å². The van der Waals surface area contributed by atoms with Crippen LogP contribution < -0.4 is 0 Å². The van der Waals surface area contributed by atoms with Crippen LogP contribution in [0.3, 0.4) is 0 Å². The minimum absolute atomic E-state index is 0.0536. The van der Waals surface area contributed by atoms with Gasteiger partial charge in [0.25, 0.3) is 0 Å². The molecule has 4 rings (SSSR count). The molecule has 0 spiro atoms. The van der Waals surface area contributed by atoms with Crippen molar-refractivity contribution in [3.8, 4) is 0 Å². The summed E-state index contributed by atoms with van der Waals surface area (Å²) >= 11 is 0. The van der Waals surface area contributed by atoms with Gasteiger partial charge in [-0.25, -0.2) is 0 Å². The summed E-state index contributed by atoms with van der Waals surface area (Å²) in [5, 5.41) is 10.5. The van der Waals surface area contributed by atoms with Gasteiger partial charge in [0.05, 0.1) is 0 Å². The molecule has 4 aliphatic carbocycles. The molecule has 3 saturated carbocycles. The molecule has 7 atom stereocenters. The van der Waals surface area contributed by atoms with E-state index >= 15 is 0 Å². The van der Waals surface area contributed by atoms with E-state index in [9.17, 15) is 18.3 Å². The fourth-order valence-corrected chi connectivity index (χ4v) is 6.37. The van der Waals surface area contributed by atoms with Crippen LogP contribution in [-0.2, 0) is 0 Å². The Kier molecular flexibility index (Phi) is 2.07. The molecular formula is C15H19F3O. The van der Waals surface area contributed by atoms with E-state index < -0.39 is 17.2 Å². The molecule has 1 nitrogen and oxygen atoms in total. The lowest BCUT2D eigenvalue weighted by atomic mass is 9.53. The highest BCUT2D eigenvalue weighted by Crippen LogP contribution is 2.77. The van der Waals surface area contributed by atoms with Crippen molar-refractivity contribution in [1.29, 1.82) is 0 Å². The van der Waals surface area contributed by atoms with Gasteiger partial charge in [-0.2, -0.15) is 13.2 Å². The maximum absolute atomic E-state index is 13.5. The van der Waals surface area contributed by atoms with Crippen LogP contribution in [0.25, 0.3) is 0 Å². The summed E-state index contributed by atoms with van der Waals surface area (Å²) in [6, 6.07) is 0. The number of hydrogen-bond donors (Lipinski definition) is 1. The van der Waals surface area contributed by atoms with Crippen molar-refractivity contribution >= 4 is 0 Å². The molecule has 0 aromatic carbocycles. The summed E-state index contributed by atoms with van der Waals surface area (Å²) in [7, 11) is 0. The van der Waals surface area contributed by atoms with Crippen molar-refractivity contribution in [2.75, 3.05) is 0 Å². The zero-order chi connectivity index (χ0) is 13.6. The van der Waals surface area contributed by atoms with E-state index in [1.165, 1.54) is 0 Å². The maximum atomic E-state index is 13.5. The summed E-state index contributed by atoms with van der Waals surface area (Å²) in [5.41, 5.74) is -3.48. The number of allylic oxidation sites excluding steroid dienone is 2. The summed E-state index contributed by atoms with van der Waals surface area (Å²) in [6.07, 6.45) is 3.18. The minimum atomic E-state index is -4.53. The maximum Gasteiger partial charge on any atom is 0.417 e. The normalized spacial score (nSPS) is 53.6. The average molecular weight is 272 g/mol. The Balaban J connectivity index is 1.90. The lowest BCUT2D eigenvalue weighted by Gasteiger charge is -2.54. The Morgan fingerprint density at radius 1 is 1.16 bits per heavy atom. The molecule has 0 aromatic rings. The highest BCUT2D eigenvalue weighted by Gasteiger charge is 2.78. The topological polar surface area (TPSA) is 20.2 Å². The molecule has 7 unspecified atom stereocenters. The third kappa shape index (κ3) is 1.11. The van der Waals surface area contributed by atoms with E-state index in [1.807, 2.05) is 6.08 Å². The van der Waals surface area contributed by atoms with E-state index in [-0.39, 0.29) is 23.7 Å². The first-order valence-corrected chi connectivity index (χ1v) is 7.27. The minimum Gasteiger partial charge on any atom is -0.380 e. The number of halogens is 3. The molecule has 4 bridgehead atoms. The highest BCUT2D eigenvalue weighted by molar-refractivity contribution is 5.30. The Bertz CT molecular complexity index is 453. The molecule has 0 aliphatic heterocycles. The molecule has 0 aromatic heterocycles. The van der Waals surface area contributed by atoms with E-state index in [2.05, 4.69) is 6.08 Å². The van der Waals surface area contributed by atoms with Crippen LogP contribution in [-0.4, -0.2) is 16.9 Å². The second-order valence-corrected chi connectivity index (χ2v) is 7.19. The largest absolute Gasteiger partial charge is 0.417 e. The first kappa shape index (κ1) is 12.2. The van der Waals surface area contributed by atoms with Gasteiger partial charge in [0, 0.05) is 5.41 Å². The van der Waals surface area contributed by atoms with Gasteiger partial charge in [-0.15, -0.1) is 0 Å². The van der Waals surface area contributed by atoms with Gasteiger partial charge < -0.3 is 5.11 Å². The van der Waals surface area contributed by atoms with Crippen molar-refractivity contribution < 1.29 is 18.3 Å². The van der Waals surface area contributed by atoms with E-state index in [0.717, 1.165) is 32.6 Å². The molecule has 106 valence electrons. The van der Waals surface area contributed by atoms with Crippen LogP contribution in [0.1, 0.15) is 32.6 Å². The fourth-order valence-electron chi connectivity index (χ4n) is 6.37. The standard InChI is InChI=1S/C15H19F3O/c1-13(19,15(16,17)18)14-10-4-2-8(6-10)12(14)9-3-5-11(14)7-9/h2,4,8-12,19H,3,5-7H2,1H3. The smallest absolute Gasteiger partial charge is 0.380 e. The van der Waals surface area contributed by atoms with E-state index in [0.29, 0.717) is 5.92 Å². The third-order valence-electron chi connectivity index (χ3n) is 6.79. The van der Waals surface area contributed by atoms with Gasteiger partial charge in [-0.05, 0) is 62.2 Å². The Labute approximate surface area is 110 Å². The quantitative estimate of drug-likeness (QED) is 0.572. The van der Waals surface area contributed by atoms with Gasteiger partial charge in [0.15, 0.2) is 5.60 Å². The van der Waals surface area contributed by atoms with Gasteiger partial charge in [0.1, 0.15) is 0 Å². The van der Waals surface area contributed by atoms with Crippen molar-refractivity contribution in [1.82, 2.24) is 0 Å². The SMILES string of the molecule is CC(O)(C(F)(F)F)C12C3C=CC(C3)C1C1CCC2C1. The lowest BCUT2D eigenvalue weighted by Crippen LogP contribution is -2.63. The molecule has 0 amide bonds. The predicted octanol–water partition coefficient (Wildman–Crippen LogP) is 3.54. The zero-order valence-electron chi connectivity index (χ0n) is 11.0. The van der Waals surface area contributed by atoms with Gasteiger partial charge >= 0.3 is 6.18 Å². The first-order valence-electron chi connectivity index (χ1n) is 7.27. The Hall–Kier alpha value is -0.510. The predicted molar refractivity (Wildman–Crippen MR) is 64.2 cm³/mol. The third-order valence-corrected chi connectivity index (χ3v) is 6.79. The van der Waals surface area contributed by atoms with Gasteiger partial charge in [0.2, 0.25) is 0 Å². The summed E-state index contributed by atoms with van der Waals surface area (Å²) < 4.78 is 40.5. The van der Waals surface area contributed by atoms with E-state index in [1.54, 1.807) is 0 Å². The summed E-state index contributed by atoms with van der Waals surface area (Å²) in [6.45, 7) is 1.04. The molecule has 4 heteroatoms. The van der Waals surface area contributed by atoms with Gasteiger partial charge in [-0.1, -0.05) is 12.2 Å². The molecule has 4 aliphatic rings. The summed E-state index contributed by atoms with van der Waals surface area (Å²) in [4.78, 5) is 0. The van der Waals surface area contributed by atoms with Crippen LogP contribution in [0, 0.1) is 35.0 Å².